The lowest BCUT2D eigenvalue weighted by atomic mass is 9.84. The predicted molar refractivity (Wildman–Crippen MR) is 138 cm³/mol. The lowest BCUT2D eigenvalue weighted by Crippen LogP contribution is -2.11. The molecule has 194 valence electrons. The van der Waals surface area contributed by atoms with Crippen LogP contribution in [-0.2, 0) is 6.18 Å². The van der Waals surface area contributed by atoms with Crippen molar-refractivity contribution in [2.75, 3.05) is 0 Å². The summed E-state index contributed by atoms with van der Waals surface area (Å²) in [6.07, 6.45) is -2.69. The van der Waals surface area contributed by atoms with E-state index >= 15 is 4.39 Å². The van der Waals surface area contributed by atoms with Crippen LogP contribution in [0.1, 0.15) is 60.2 Å². The third kappa shape index (κ3) is 4.01. The zero-order valence-electron chi connectivity index (χ0n) is 20.2. The van der Waals surface area contributed by atoms with Crippen LogP contribution in [0.3, 0.4) is 0 Å². The number of halogens is 5. The van der Waals surface area contributed by atoms with Crippen molar-refractivity contribution in [2.45, 2.75) is 43.9 Å². The second-order valence-electron chi connectivity index (χ2n) is 9.94. The summed E-state index contributed by atoms with van der Waals surface area (Å²) in [5.74, 6) is -0.469. The molecule has 2 N–H and O–H groups in total. The van der Waals surface area contributed by atoms with Gasteiger partial charge in [-0.15, -0.1) is 0 Å². The van der Waals surface area contributed by atoms with E-state index in [1.54, 1.807) is 24.3 Å². The summed E-state index contributed by atoms with van der Waals surface area (Å²) >= 11 is 0. The number of aromatic hydroxyl groups is 1. The maximum Gasteiger partial charge on any atom is 0.416 e. The SMILES string of the molecule is Oc1c2c(-c3ccc(F)cc3)c(C(F)c3ccc(C(F)(F)F)cc3)c(C3CCCC3)[nH]c-2c2ccccc12. The van der Waals surface area contributed by atoms with Crippen LogP contribution in [-0.4, -0.2) is 10.1 Å². The summed E-state index contributed by atoms with van der Waals surface area (Å²) in [6.45, 7) is 0. The van der Waals surface area contributed by atoms with Crippen LogP contribution in [0.15, 0.2) is 72.8 Å². The molecule has 1 aliphatic heterocycles. The third-order valence-electron chi connectivity index (χ3n) is 7.69. The highest BCUT2D eigenvalue weighted by atomic mass is 19.4. The van der Waals surface area contributed by atoms with Gasteiger partial charge >= 0.3 is 6.18 Å². The van der Waals surface area contributed by atoms with Gasteiger partial charge in [0.25, 0.3) is 0 Å². The van der Waals surface area contributed by atoms with Crippen LogP contribution in [0, 0.1) is 5.82 Å². The fourth-order valence-electron chi connectivity index (χ4n) is 5.86. The van der Waals surface area contributed by atoms with Crippen LogP contribution in [0.25, 0.3) is 33.2 Å². The number of alkyl halides is 4. The fraction of sp³-hybridized carbons (Fsp3) is 0.226. The molecule has 3 aromatic rings. The Morgan fingerprint density at radius 2 is 1.45 bits per heavy atom. The number of hydrogen-bond donors (Lipinski definition) is 2. The molecule has 1 heterocycles. The second-order valence-corrected chi connectivity index (χ2v) is 9.94. The Morgan fingerprint density at radius 1 is 0.816 bits per heavy atom. The van der Waals surface area contributed by atoms with Gasteiger partial charge in [-0.3, -0.25) is 0 Å². The minimum atomic E-state index is -4.54. The van der Waals surface area contributed by atoms with Gasteiger partial charge in [0.2, 0.25) is 0 Å². The molecule has 0 amide bonds. The molecule has 1 fully saturated rings. The van der Waals surface area contributed by atoms with E-state index in [9.17, 15) is 22.7 Å². The van der Waals surface area contributed by atoms with E-state index in [2.05, 4.69) is 4.98 Å². The van der Waals surface area contributed by atoms with Crippen LogP contribution in [0.4, 0.5) is 22.0 Å². The first kappa shape index (κ1) is 24.5. The molecule has 0 saturated heterocycles. The molecular weight excluding hydrogens is 497 g/mol. The van der Waals surface area contributed by atoms with Crippen molar-refractivity contribution in [3.05, 3.63) is 101 Å². The van der Waals surface area contributed by atoms with Crippen LogP contribution < -0.4 is 0 Å². The monoisotopic (exact) mass is 521 g/mol. The van der Waals surface area contributed by atoms with E-state index in [0.29, 0.717) is 33.5 Å². The maximum absolute atomic E-state index is 16.7. The molecule has 0 spiro atoms. The second kappa shape index (κ2) is 9.15. The molecule has 3 aliphatic rings. The van der Waals surface area contributed by atoms with Crippen LogP contribution in [0.5, 0.6) is 5.75 Å². The van der Waals surface area contributed by atoms with Gasteiger partial charge in [-0.25, -0.2) is 8.78 Å². The molecule has 0 bridgehead atoms. The number of hydrogen-bond acceptors (Lipinski definition) is 1. The highest BCUT2D eigenvalue weighted by Crippen LogP contribution is 2.54. The first-order valence-electron chi connectivity index (χ1n) is 12.6. The van der Waals surface area contributed by atoms with Gasteiger partial charge in [0.05, 0.1) is 11.3 Å². The van der Waals surface area contributed by atoms with Crippen LogP contribution >= 0.6 is 0 Å². The molecule has 2 aliphatic carbocycles. The molecule has 0 aromatic heterocycles. The van der Waals surface area contributed by atoms with E-state index in [1.165, 1.54) is 12.1 Å². The first-order valence-corrected chi connectivity index (χ1v) is 12.6. The highest BCUT2D eigenvalue weighted by molar-refractivity contribution is 6.11. The zero-order chi connectivity index (χ0) is 26.6. The van der Waals surface area contributed by atoms with Crippen molar-refractivity contribution in [3.8, 4) is 28.1 Å². The Balaban J connectivity index is 1.68. The van der Waals surface area contributed by atoms with Gasteiger partial charge < -0.3 is 10.1 Å². The van der Waals surface area contributed by atoms with Crippen molar-refractivity contribution in [1.29, 1.82) is 0 Å². The summed E-state index contributed by atoms with van der Waals surface area (Å²) in [7, 11) is 0. The van der Waals surface area contributed by atoms with Crippen molar-refractivity contribution in [3.63, 3.8) is 0 Å². The fourth-order valence-corrected chi connectivity index (χ4v) is 5.86. The Hall–Kier alpha value is -3.87. The lowest BCUT2D eigenvalue weighted by molar-refractivity contribution is -0.137. The first-order chi connectivity index (χ1) is 18.2. The van der Waals surface area contributed by atoms with Gasteiger partial charge in [0.15, 0.2) is 6.17 Å². The summed E-state index contributed by atoms with van der Waals surface area (Å²) in [4.78, 5) is 3.45. The molecule has 3 aromatic carbocycles. The largest absolute Gasteiger partial charge is 0.507 e. The lowest BCUT2D eigenvalue weighted by Gasteiger charge is -2.26. The topological polar surface area (TPSA) is 36.0 Å². The average molecular weight is 522 g/mol. The number of aromatic amines is 1. The van der Waals surface area contributed by atoms with E-state index in [4.69, 9.17) is 0 Å². The number of benzene rings is 3. The number of pyridine rings is 1. The molecule has 6 rings (SSSR count). The minimum absolute atomic E-state index is 0.0112. The van der Waals surface area contributed by atoms with E-state index in [1.807, 2.05) is 12.1 Å². The van der Waals surface area contributed by atoms with Gasteiger partial charge in [0, 0.05) is 33.2 Å². The third-order valence-corrected chi connectivity index (χ3v) is 7.69. The normalized spacial score (nSPS) is 15.5. The Bertz CT molecular complexity index is 1580. The minimum Gasteiger partial charge on any atom is -0.507 e. The van der Waals surface area contributed by atoms with Crippen molar-refractivity contribution in [1.82, 2.24) is 4.98 Å². The zero-order valence-corrected chi connectivity index (χ0v) is 20.2. The van der Waals surface area contributed by atoms with E-state index in [0.717, 1.165) is 55.3 Å². The molecule has 2 nitrogen and oxygen atoms in total. The van der Waals surface area contributed by atoms with E-state index in [-0.39, 0.29) is 22.8 Å². The molecule has 38 heavy (non-hydrogen) atoms. The molecule has 7 heteroatoms. The molecule has 1 unspecified atom stereocenters. The van der Waals surface area contributed by atoms with Gasteiger partial charge in [0.1, 0.15) is 11.6 Å². The average Bonchev–Trinajstić information content (AvgIpc) is 3.55. The van der Waals surface area contributed by atoms with Gasteiger partial charge in [-0.2, -0.15) is 13.2 Å². The highest BCUT2D eigenvalue weighted by Gasteiger charge is 2.35. The van der Waals surface area contributed by atoms with Crippen LogP contribution in [0.2, 0.25) is 0 Å². The molecule has 1 atom stereocenters. The summed E-state index contributed by atoms with van der Waals surface area (Å²) in [5, 5.41) is 12.7. The number of fused-ring (bicyclic) bond motifs is 3. The summed E-state index contributed by atoms with van der Waals surface area (Å²) in [5.41, 5.74) is 2.14. The number of H-pyrrole nitrogens is 1. The number of aromatic nitrogens is 1. The smallest absolute Gasteiger partial charge is 0.416 e. The maximum atomic E-state index is 16.7. The van der Waals surface area contributed by atoms with Gasteiger partial charge in [-0.1, -0.05) is 61.4 Å². The van der Waals surface area contributed by atoms with Crippen molar-refractivity contribution < 1.29 is 27.1 Å². The van der Waals surface area contributed by atoms with Crippen molar-refractivity contribution >= 4 is 10.8 Å². The van der Waals surface area contributed by atoms with Gasteiger partial charge in [-0.05, 0) is 54.2 Å². The molecule has 1 saturated carbocycles. The number of rotatable bonds is 4. The Morgan fingerprint density at radius 3 is 2.08 bits per heavy atom. The van der Waals surface area contributed by atoms with E-state index < -0.39 is 23.7 Å². The number of nitrogens with one attached hydrogen (secondary N) is 1. The molecular formula is C31H24F5NO. The predicted octanol–water partition coefficient (Wildman–Crippen LogP) is 9.52. The quantitative estimate of drug-likeness (QED) is 0.227. The standard InChI is InChI=1S/C31H24F5NO/c32-21-15-11-17(12-16-21)24-25(27(33)18-9-13-20(14-10-18)31(34,35)36)28(19-5-1-2-6-19)37-29-22-7-3-4-8-23(22)30(38)26(24)29/h3-4,7-16,19,27,37-38H,1-2,5-6H2. The molecule has 0 radical (unpaired) electrons. The summed E-state index contributed by atoms with van der Waals surface area (Å²) in [6, 6.07) is 17.0. The summed E-state index contributed by atoms with van der Waals surface area (Å²) < 4.78 is 70.2. The Labute approximate surface area is 216 Å². The van der Waals surface area contributed by atoms with Crippen molar-refractivity contribution in [2.24, 2.45) is 0 Å². The Kier molecular flexibility index (Phi) is 5.89.